The highest BCUT2D eigenvalue weighted by Gasteiger charge is 2.21. The van der Waals surface area contributed by atoms with Crippen LogP contribution in [0.5, 0.6) is 0 Å². The van der Waals surface area contributed by atoms with Gasteiger partial charge in [0.2, 0.25) is 0 Å². The molecule has 0 spiro atoms. The molecule has 0 saturated carbocycles. The molecular formula is C15H29N7. The number of hydrogen-bond donors (Lipinski definition) is 2. The Kier molecular flexibility index (Phi) is 6.21. The van der Waals surface area contributed by atoms with Crippen LogP contribution in [-0.2, 0) is 13.6 Å². The van der Waals surface area contributed by atoms with Gasteiger partial charge in [0.15, 0.2) is 5.96 Å². The predicted octanol–water partition coefficient (Wildman–Crippen LogP) is -0.279. The Morgan fingerprint density at radius 1 is 1.32 bits per heavy atom. The van der Waals surface area contributed by atoms with E-state index in [9.17, 15) is 0 Å². The van der Waals surface area contributed by atoms with Crippen molar-refractivity contribution in [3.05, 3.63) is 18.0 Å². The highest BCUT2D eigenvalue weighted by Crippen LogP contribution is 2.04. The molecule has 1 saturated heterocycles. The lowest BCUT2D eigenvalue weighted by atomic mass is 10.2. The van der Waals surface area contributed by atoms with Crippen LogP contribution < -0.4 is 10.6 Å². The second-order valence-corrected chi connectivity index (χ2v) is 5.92. The van der Waals surface area contributed by atoms with Crippen LogP contribution in [0.15, 0.2) is 17.3 Å². The van der Waals surface area contributed by atoms with Gasteiger partial charge in [-0.1, -0.05) is 0 Å². The standard InChI is InChI=1S/C15H29N7/c1-5-16-15(17-10-13-6-7-19-22(13)4)18-11-14-12-20(2)8-9-21(14)3/h6-7,14H,5,8-12H2,1-4H3,(H2,16,17,18). The molecule has 0 aromatic carbocycles. The molecular weight excluding hydrogens is 278 g/mol. The molecule has 7 heteroatoms. The van der Waals surface area contributed by atoms with E-state index in [2.05, 4.69) is 51.5 Å². The average Bonchev–Trinajstić information content (AvgIpc) is 2.90. The SMILES string of the molecule is CCNC(=NCc1ccnn1C)NCC1CN(C)CCN1C. The van der Waals surface area contributed by atoms with Gasteiger partial charge in [-0.2, -0.15) is 5.10 Å². The summed E-state index contributed by atoms with van der Waals surface area (Å²) in [5.74, 6) is 0.866. The molecule has 22 heavy (non-hydrogen) atoms. The van der Waals surface area contributed by atoms with E-state index in [1.54, 1.807) is 6.20 Å². The monoisotopic (exact) mass is 307 g/mol. The molecule has 0 amide bonds. The van der Waals surface area contributed by atoms with Gasteiger partial charge < -0.3 is 15.5 Å². The maximum atomic E-state index is 4.65. The molecule has 1 unspecified atom stereocenters. The number of aryl methyl sites for hydroxylation is 1. The molecule has 2 N–H and O–H groups in total. The topological polar surface area (TPSA) is 60.7 Å². The van der Waals surface area contributed by atoms with Gasteiger partial charge in [-0.3, -0.25) is 9.58 Å². The molecule has 1 aromatic rings. The van der Waals surface area contributed by atoms with Crippen LogP contribution in [0.25, 0.3) is 0 Å². The Balaban J connectivity index is 1.89. The highest BCUT2D eigenvalue weighted by atomic mass is 15.3. The van der Waals surface area contributed by atoms with E-state index in [1.807, 2.05) is 17.8 Å². The number of nitrogens with zero attached hydrogens (tertiary/aromatic N) is 5. The molecule has 2 rings (SSSR count). The van der Waals surface area contributed by atoms with Crippen LogP contribution in [0.2, 0.25) is 0 Å². The lowest BCUT2D eigenvalue weighted by Gasteiger charge is -2.37. The number of hydrogen-bond acceptors (Lipinski definition) is 4. The quantitative estimate of drug-likeness (QED) is 0.579. The van der Waals surface area contributed by atoms with Gasteiger partial charge in [-0.25, -0.2) is 4.99 Å². The highest BCUT2D eigenvalue weighted by molar-refractivity contribution is 5.79. The first-order chi connectivity index (χ1) is 10.6. The minimum Gasteiger partial charge on any atom is -0.357 e. The van der Waals surface area contributed by atoms with E-state index in [0.29, 0.717) is 12.6 Å². The van der Waals surface area contributed by atoms with Crippen LogP contribution in [0.4, 0.5) is 0 Å². The first kappa shape index (κ1) is 16.8. The molecule has 1 aromatic heterocycles. The van der Waals surface area contributed by atoms with E-state index >= 15 is 0 Å². The van der Waals surface area contributed by atoms with Crippen molar-refractivity contribution in [2.24, 2.45) is 12.0 Å². The number of aromatic nitrogens is 2. The maximum absolute atomic E-state index is 4.65. The van der Waals surface area contributed by atoms with Crippen molar-refractivity contribution >= 4 is 5.96 Å². The van der Waals surface area contributed by atoms with Crippen molar-refractivity contribution in [3.63, 3.8) is 0 Å². The summed E-state index contributed by atoms with van der Waals surface area (Å²) in [5, 5.41) is 10.9. The molecule has 1 fully saturated rings. The fourth-order valence-electron chi connectivity index (χ4n) is 2.59. The summed E-state index contributed by atoms with van der Waals surface area (Å²) in [6.45, 7) is 7.82. The van der Waals surface area contributed by atoms with Gasteiger partial charge in [0.05, 0.1) is 12.2 Å². The van der Waals surface area contributed by atoms with Crippen molar-refractivity contribution in [2.45, 2.75) is 19.5 Å². The summed E-state index contributed by atoms with van der Waals surface area (Å²) >= 11 is 0. The van der Waals surface area contributed by atoms with Gasteiger partial charge >= 0.3 is 0 Å². The molecule has 1 atom stereocenters. The van der Waals surface area contributed by atoms with Gasteiger partial charge in [0.1, 0.15) is 0 Å². The van der Waals surface area contributed by atoms with Crippen LogP contribution in [0.3, 0.4) is 0 Å². The third-order valence-electron chi connectivity index (χ3n) is 4.15. The van der Waals surface area contributed by atoms with Gasteiger partial charge in [-0.05, 0) is 27.1 Å². The molecule has 1 aliphatic rings. The summed E-state index contributed by atoms with van der Waals surface area (Å²) < 4.78 is 1.86. The Bertz CT molecular complexity index is 482. The smallest absolute Gasteiger partial charge is 0.191 e. The largest absolute Gasteiger partial charge is 0.357 e. The van der Waals surface area contributed by atoms with E-state index < -0.39 is 0 Å². The zero-order chi connectivity index (χ0) is 15.9. The van der Waals surface area contributed by atoms with Crippen molar-refractivity contribution in [2.75, 3.05) is 46.8 Å². The van der Waals surface area contributed by atoms with Gasteiger partial charge in [-0.15, -0.1) is 0 Å². The number of likely N-dealkylation sites (N-methyl/N-ethyl adjacent to an activating group) is 2. The third-order valence-corrected chi connectivity index (χ3v) is 4.15. The Morgan fingerprint density at radius 3 is 2.82 bits per heavy atom. The normalized spacial score (nSPS) is 21.1. The number of rotatable bonds is 5. The van der Waals surface area contributed by atoms with Gasteiger partial charge in [0, 0.05) is 52.0 Å². The van der Waals surface area contributed by atoms with Gasteiger partial charge in [0.25, 0.3) is 0 Å². The summed E-state index contributed by atoms with van der Waals surface area (Å²) in [4.78, 5) is 9.44. The van der Waals surface area contributed by atoms with Crippen molar-refractivity contribution in [1.29, 1.82) is 0 Å². The lowest BCUT2D eigenvalue weighted by Crippen LogP contribution is -2.55. The first-order valence-corrected chi connectivity index (χ1v) is 7.98. The average molecular weight is 307 g/mol. The molecule has 7 nitrogen and oxygen atoms in total. The van der Waals surface area contributed by atoms with E-state index in [-0.39, 0.29) is 0 Å². The Hall–Kier alpha value is -1.60. The number of aliphatic imine (C=N–C) groups is 1. The van der Waals surface area contributed by atoms with Crippen LogP contribution >= 0.6 is 0 Å². The van der Waals surface area contributed by atoms with Crippen molar-refractivity contribution < 1.29 is 0 Å². The van der Waals surface area contributed by atoms with Crippen LogP contribution in [-0.4, -0.2) is 78.4 Å². The van der Waals surface area contributed by atoms with E-state index in [4.69, 9.17) is 0 Å². The fraction of sp³-hybridized carbons (Fsp3) is 0.733. The minimum atomic E-state index is 0.513. The molecule has 124 valence electrons. The Morgan fingerprint density at radius 2 is 2.14 bits per heavy atom. The van der Waals surface area contributed by atoms with E-state index in [1.165, 1.54) is 0 Å². The van der Waals surface area contributed by atoms with E-state index in [0.717, 1.165) is 44.4 Å². The lowest BCUT2D eigenvalue weighted by molar-refractivity contribution is 0.116. The van der Waals surface area contributed by atoms with Crippen LogP contribution in [0.1, 0.15) is 12.6 Å². The number of nitrogens with one attached hydrogen (secondary N) is 2. The zero-order valence-corrected chi connectivity index (χ0v) is 14.2. The number of guanidine groups is 1. The Labute approximate surface area is 133 Å². The van der Waals surface area contributed by atoms with Crippen LogP contribution in [0, 0.1) is 0 Å². The fourth-order valence-corrected chi connectivity index (χ4v) is 2.59. The summed E-state index contributed by atoms with van der Waals surface area (Å²) in [6.07, 6.45) is 1.80. The molecule has 0 radical (unpaired) electrons. The molecule has 0 aliphatic carbocycles. The zero-order valence-electron chi connectivity index (χ0n) is 14.2. The van der Waals surface area contributed by atoms with Crippen molar-refractivity contribution in [3.8, 4) is 0 Å². The summed E-state index contributed by atoms with van der Waals surface area (Å²) in [5.41, 5.74) is 1.10. The first-order valence-electron chi connectivity index (χ1n) is 7.98. The molecule has 0 bridgehead atoms. The summed E-state index contributed by atoms with van der Waals surface area (Å²) in [7, 11) is 6.32. The minimum absolute atomic E-state index is 0.513. The third kappa shape index (κ3) is 4.71. The molecule has 2 heterocycles. The number of piperazine rings is 1. The second-order valence-electron chi connectivity index (χ2n) is 5.92. The maximum Gasteiger partial charge on any atom is 0.191 e. The molecule has 1 aliphatic heterocycles. The van der Waals surface area contributed by atoms with Crippen molar-refractivity contribution in [1.82, 2.24) is 30.2 Å². The second kappa shape index (κ2) is 8.14. The predicted molar refractivity (Wildman–Crippen MR) is 89.9 cm³/mol. The summed E-state index contributed by atoms with van der Waals surface area (Å²) in [6, 6.07) is 2.51.